The molecule has 5 heteroatoms. The molecule has 1 aromatic carbocycles. The van der Waals surface area contributed by atoms with Crippen molar-refractivity contribution in [2.24, 2.45) is 10.9 Å². The maximum Gasteiger partial charge on any atom is 0.249 e. The number of thiophene rings is 1. The fourth-order valence-electron chi connectivity index (χ4n) is 2.34. The molecular weight excluding hydrogens is 292 g/mol. The van der Waals surface area contributed by atoms with Crippen molar-refractivity contribution < 1.29 is 4.79 Å². The molecule has 1 aromatic heterocycles. The van der Waals surface area contributed by atoms with Crippen molar-refractivity contribution >= 4 is 44.8 Å². The Labute approximate surface area is 126 Å². The van der Waals surface area contributed by atoms with Crippen molar-refractivity contribution in [2.45, 2.75) is 13.8 Å². The van der Waals surface area contributed by atoms with Gasteiger partial charge in [-0.2, -0.15) is 0 Å². The first-order valence-electron chi connectivity index (χ1n) is 6.60. The molecule has 1 aliphatic heterocycles. The molecule has 0 spiro atoms. The molecule has 0 bridgehead atoms. The van der Waals surface area contributed by atoms with Crippen LogP contribution in [0.1, 0.15) is 18.7 Å². The summed E-state index contributed by atoms with van der Waals surface area (Å²) in [6.07, 6.45) is 0. The largest absolute Gasteiger partial charge is 0.294 e. The average Bonchev–Trinajstić information content (AvgIpc) is 2.92. The summed E-state index contributed by atoms with van der Waals surface area (Å²) in [5.74, 6) is 1.19. The first-order valence-corrected chi connectivity index (χ1v) is 7.79. The van der Waals surface area contributed by atoms with Gasteiger partial charge in [-0.1, -0.05) is 43.6 Å². The minimum absolute atomic E-state index is 0.0576. The van der Waals surface area contributed by atoms with Crippen LogP contribution in [0.25, 0.3) is 10.1 Å². The van der Waals surface area contributed by atoms with Gasteiger partial charge in [-0.05, 0) is 12.0 Å². The second-order valence-electron chi connectivity index (χ2n) is 5.28. The minimum Gasteiger partial charge on any atom is -0.294 e. The van der Waals surface area contributed by atoms with Crippen LogP contribution in [0.3, 0.4) is 0 Å². The summed E-state index contributed by atoms with van der Waals surface area (Å²) in [6.45, 7) is 5.10. The molecule has 0 saturated heterocycles. The van der Waals surface area contributed by atoms with E-state index in [2.05, 4.69) is 18.8 Å². The maximum absolute atomic E-state index is 12.0. The summed E-state index contributed by atoms with van der Waals surface area (Å²) in [4.78, 5) is 19.1. The number of halogens is 1. The average molecular weight is 307 g/mol. The van der Waals surface area contributed by atoms with Crippen LogP contribution in [0, 0.1) is 5.92 Å². The number of carbonyl (C=O) groups excluding carboxylic acids is 1. The Bertz CT molecular complexity index is 705. The van der Waals surface area contributed by atoms with E-state index >= 15 is 0 Å². The van der Waals surface area contributed by atoms with E-state index in [0.717, 1.165) is 20.8 Å². The number of amidine groups is 1. The first-order chi connectivity index (χ1) is 9.58. The second-order valence-corrected chi connectivity index (χ2v) is 6.71. The molecule has 0 N–H and O–H groups in total. The zero-order chi connectivity index (χ0) is 14.3. The third kappa shape index (κ3) is 2.23. The Balaban J connectivity index is 2.06. The van der Waals surface area contributed by atoms with Crippen LogP contribution in [0.15, 0.2) is 29.3 Å². The third-order valence-electron chi connectivity index (χ3n) is 3.21. The summed E-state index contributed by atoms with van der Waals surface area (Å²) >= 11 is 8.08. The molecule has 3 nitrogen and oxygen atoms in total. The summed E-state index contributed by atoms with van der Waals surface area (Å²) in [5.41, 5.74) is 0. The van der Waals surface area contributed by atoms with E-state index < -0.39 is 0 Å². The van der Waals surface area contributed by atoms with E-state index in [1.807, 2.05) is 24.3 Å². The number of rotatable bonds is 3. The number of nitrogens with zero attached hydrogens (tertiary/aromatic N) is 2. The highest BCUT2D eigenvalue weighted by Gasteiger charge is 2.30. The van der Waals surface area contributed by atoms with Gasteiger partial charge in [-0.15, -0.1) is 11.3 Å². The van der Waals surface area contributed by atoms with Gasteiger partial charge in [0, 0.05) is 16.6 Å². The minimum atomic E-state index is 0.0576. The molecule has 0 atom stereocenters. The lowest BCUT2D eigenvalue weighted by molar-refractivity contribution is -0.125. The van der Waals surface area contributed by atoms with Crippen molar-refractivity contribution in [2.75, 3.05) is 13.1 Å². The lowest BCUT2D eigenvalue weighted by atomic mass is 10.2. The van der Waals surface area contributed by atoms with Crippen molar-refractivity contribution in [3.05, 3.63) is 34.2 Å². The fraction of sp³-hybridized carbons (Fsp3) is 0.333. The van der Waals surface area contributed by atoms with Gasteiger partial charge in [0.2, 0.25) is 5.91 Å². The van der Waals surface area contributed by atoms with Crippen molar-refractivity contribution in [3.63, 3.8) is 0 Å². The van der Waals surface area contributed by atoms with Crippen LogP contribution in [0.4, 0.5) is 0 Å². The van der Waals surface area contributed by atoms with Crippen molar-refractivity contribution in [1.29, 1.82) is 0 Å². The SMILES string of the molecule is CC(C)CN1C(=O)CN=C1c1sc2ccccc2c1Cl. The number of hydrogen-bond donors (Lipinski definition) is 0. The highest BCUT2D eigenvalue weighted by molar-refractivity contribution is 7.21. The predicted molar refractivity (Wildman–Crippen MR) is 84.8 cm³/mol. The van der Waals surface area contributed by atoms with Gasteiger partial charge in [-0.3, -0.25) is 14.7 Å². The Kier molecular flexibility index (Phi) is 3.52. The van der Waals surface area contributed by atoms with Gasteiger partial charge in [0.05, 0.1) is 9.90 Å². The number of fused-ring (bicyclic) bond motifs is 1. The molecule has 20 heavy (non-hydrogen) atoms. The fourth-order valence-corrected chi connectivity index (χ4v) is 3.87. The lowest BCUT2D eigenvalue weighted by Crippen LogP contribution is -2.35. The smallest absolute Gasteiger partial charge is 0.249 e. The van der Waals surface area contributed by atoms with E-state index in [1.54, 1.807) is 16.2 Å². The Morgan fingerprint density at radius 2 is 2.15 bits per heavy atom. The summed E-state index contributed by atoms with van der Waals surface area (Å²) < 4.78 is 1.12. The Morgan fingerprint density at radius 1 is 1.40 bits per heavy atom. The van der Waals surface area contributed by atoms with Crippen molar-refractivity contribution in [3.8, 4) is 0 Å². The van der Waals surface area contributed by atoms with Gasteiger partial charge < -0.3 is 0 Å². The molecule has 0 saturated carbocycles. The second kappa shape index (κ2) is 5.19. The monoisotopic (exact) mass is 306 g/mol. The predicted octanol–water partition coefficient (Wildman–Crippen LogP) is 3.80. The van der Waals surface area contributed by atoms with E-state index in [4.69, 9.17) is 11.6 Å². The van der Waals surface area contributed by atoms with Crippen LogP contribution < -0.4 is 0 Å². The molecule has 3 rings (SSSR count). The van der Waals surface area contributed by atoms with E-state index in [-0.39, 0.29) is 12.5 Å². The Hall–Kier alpha value is -1.39. The third-order valence-corrected chi connectivity index (χ3v) is 4.88. The summed E-state index contributed by atoms with van der Waals surface area (Å²) in [5, 5.41) is 1.73. The van der Waals surface area contributed by atoms with Crippen LogP contribution in [-0.2, 0) is 4.79 Å². The molecule has 1 aliphatic rings. The van der Waals surface area contributed by atoms with Crippen LogP contribution in [0.2, 0.25) is 5.02 Å². The molecule has 0 unspecified atom stereocenters. The molecule has 0 radical (unpaired) electrons. The molecular formula is C15H15ClN2OS. The van der Waals surface area contributed by atoms with Gasteiger partial charge in [0.25, 0.3) is 0 Å². The zero-order valence-electron chi connectivity index (χ0n) is 11.4. The van der Waals surface area contributed by atoms with Gasteiger partial charge in [-0.25, -0.2) is 0 Å². The molecule has 0 aliphatic carbocycles. The van der Waals surface area contributed by atoms with Gasteiger partial charge in [0.1, 0.15) is 12.4 Å². The number of carbonyl (C=O) groups is 1. The maximum atomic E-state index is 12.0. The molecule has 2 aromatic rings. The van der Waals surface area contributed by atoms with E-state index in [1.165, 1.54) is 0 Å². The first kappa shape index (κ1) is 13.6. The van der Waals surface area contributed by atoms with Gasteiger partial charge in [0.15, 0.2) is 0 Å². The number of hydrogen-bond acceptors (Lipinski definition) is 3. The van der Waals surface area contributed by atoms with Crippen LogP contribution in [0.5, 0.6) is 0 Å². The molecule has 2 heterocycles. The quantitative estimate of drug-likeness (QED) is 0.849. The molecule has 1 amide bonds. The van der Waals surface area contributed by atoms with Gasteiger partial charge >= 0.3 is 0 Å². The van der Waals surface area contributed by atoms with E-state index in [0.29, 0.717) is 17.5 Å². The lowest BCUT2D eigenvalue weighted by Gasteiger charge is -2.20. The van der Waals surface area contributed by atoms with E-state index in [9.17, 15) is 4.79 Å². The topological polar surface area (TPSA) is 32.7 Å². The number of benzene rings is 1. The number of aliphatic imine (C=N–C) groups is 1. The normalized spacial score (nSPS) is 15.5. The number of amides is 1. The molecule has 0 fully saturated rings. The highest BCUT2D eigenvalue weighted by atomic mass is 35.5. The van der Waals surface area contributed by atoms with Crippen molar-refractivity contribution in [1.82, 2.24) is 4.90 Å². The molecule has 104 valence electrons. The summed E-state index contributed by atoms with van der Waals surface area (Å²) in [6, 6.07) is 8.01. The standard InChI is InChI=1S/C15H15ClN2OS/c1-9(2)8-18-12(19)7-17-15(18)14-13(16)10-5-3-4-6-11(10)20-14/h3-6,9H,7-8H2,1-2H3. The van der Waals surface area contributed by atoms with Crippen LogP contribution >= 0.6 is 22.9 Å². The van der Waals surface area contributed by atoms with Crippen LogP contribution in [-0.4, -0.2) is 29.7 Å². The Morgan fingerprint density at radius 3 is 2.85 bits per heavy atom. The zero-order valence-corrected chi connectivity index (χ0v) is 13.0. The summed E-state index contributed by atoms with van der Waals surface area (Å²) in [7, 11) is 0. The highest BCUT2D eigenvalue weighted by Crippen LogP contribution is 2.37.